The summed E-state index contributed by atoms with van der Waals surface area (Å²) >= 11 is 0. The fraction of sp³-hybridized carbons (Fsp3) is 0.864. The lowest BCUT2D eigenvalue weighted by molar-refractivity contribution is -0.140. The number of aliphatic hydroxyl groups is 1. The Balaban J connectivity index is 4.10. The van der Waals surface area contributed by atoms with Crippen molar-refractivity contribution in [2.24, 2.45) is 0 Å². The molecule has 172 valence electrons. The lowest BCUT2D eigenvalue weighted by Gasteiger charge is -2.26. The Hall–Kier alpha value is -0.920. The molecule has 0 aliphatic heterocycles. The predicted octanol–water partition coefficient (Wildman–Crippen LogP) is 5.51. The predicted molar refractivity (Wildman–Crippen MR) is 118 cm³/mol. The van der Waals surface area contributed by atoms with Crippen molar-refractivity contribution in [3.63, 3.8) is 0 Å². The smallest absolute Gasteiger partial charge is 0.327 e. The molecule has 6 nitrogen and oxygen atoms in total. The highest BCUT2D eigenvalue weighted by molar-refractivity contribution is 7.88. The molecule has 0 bridgehead atoms. The molecule has 0 radical (unpaired) electrons. The molecule has 1 unspecified atom stereocenters. The minimum Gasteiger partial charge on any atom is -0.480 e. The summed E-state index contributed by atoms with van der Waals surface area (Å²) in [7, 11) is -4.66. The average Bonchev–Trinajstić information content (AvgIpc) is 2.65. The highest BCUT2D eigenvalue weighted by Gasteiger charge is 2.49. The van der Waals surface area contributed by atoms with Gasteiger partial charge >= 0.3 is 5.97 Å². The quantitative estimate of drug-likeness (QED) is 0.140. The molecule has 0 fully saturated rings. The van der Waals surface area contributed by atoms with Gasteiger partial charge in [0.05, 0.1) is 6.10 Å². The maximum Gasteiger partial charge on any atom is 0.327 e. The molecule has 0 rings (SSSR count). The first kappa shape index (κ1) is 28.1. The van der Waals surface area contributed by atoms with Crippen LogP contribution in [-0.2, 0) is 14.9 Å². The van der Waals surface area contributed by atoms with Crippen LogP contribution in [0.1, 0.15) is 110 Å². The highest BCUT2D eigenvalue weighted by atomic mass is 32.2. The van der Waals surface area contributed by atoms with E-state index in [0.717, 1.165) is 38.5 Å². The van der Waals surface area contributed by atoms with E-state index in [1.807, 2.05) is 13.0 Å². The molecule has 0 aromatic carbocycles. The summed E-state index contributed by atoms with van der Waals surface area (Å²) in [4.78, 5) is 11.6. The van der Waals surface area contributed by atoms with Gasteiger partial charge in [-0.05, 0) is 38.5 Å². The van der Waals surface area contributed by atoms with Gasteiger partial charge < -0.3 is 10.2 Å². The van der Waals surface area contributed by atoms with Crippen LogP contribution in [0.2, 0.25) is 0 Å². The van der Waals surface area contributed by atoms with Crippen molar-refractivity contribution in [1.29, 1.82) is 0 Å². The average molecular weight is 435 g/mol. The molecule has 0 saturated heterocycles. The number of hydrogen-bond donors (Lipinski definition) is 3. The second kappa shape index (κ2) is 15.9. The number of unbranched alkanes of at least 4 members (excludes halogenated alkanes) is 8. The third-order valence-electron chi connectivity index (χ3n) is 5.48. The zero-order chi connectivity index (χ0) is 22.2. The molecule has 0 saturated carbocycles. The summed E-state index contributed by atoms with van der Waals surface area (Å²) in [6.07, 6.45) is 14.9. The van der Waals surface area contributed by atoms with Crippen molar-refractivity contribution in [1.82, 2.24) is 0 Å². The molecule has 2 atom stereocenters. The van der Waals surface area contributed by atoms with Gasteiger partial charge in [0.2, 0.25) is 0 Å². The molecular weight excluding hydrogens is 392 g/mol. The number of aliphatic hydroxyl groups excluding tert-OH is 1. The van der Waals surface area contributed by atoms with E-state index in [-0.39, 0.29) is 18.9 Å². The van der Waals surface area contributed by atoms with Gasteiger partial charge in [0.15, 0.2) is 4.75 Å². The molecular formula is C22H42O6S. The summed E-state index contributed by atoms with van der Waals surface area (Å²) in [5.74, 6) is -1.45. The number of allylic oxidation sites excluding steroid dienone is 1. The molecule has 3 N–H and O–H groups in total. The van der Waals surface area contributed by atoms with Crippen LogP contribution < -0.4 is 0 Å². The summed E-state index contributed by atoms with van der Waals surface area (Å²) in [6, 6.07) is 0. The number of aliphatic carboxylic acids is 1. The first-order valence-electron chi connectivity index (χ1n) is 11.2. The standard InChI is InChI=1S/C22H42O6S/c1-3-5-7-13-16-20(23)17-14-11-9-8-10-12-15-19-22(21(24)25,18-6-4-2)29(26,27)28/h11,14,20,23H,3-10,12-13,15-19H2,1-2H3,(H,24,25)(H,26,27,28)/b14-11-/t20-,22?/m1/s1. The largest absolute Gasteiger partial charge is 0.480 e. The van der Waals surface area contributed by atoms with Crippen LogP contribution in [0.25, 0.3) is 0 Å². The molecule has 0 spiro atoms. The fourth-order valence-corrected chi connectivity index (χ4v) is 4.52. The van der Waals surface area contributed by atoms with E-state index in [1.165, 1.54) is 19.3 Å². The maximum atomic E-state index is 11.7. The Morgan fingerprint density at radius 2 is 1.48 bits per heavy atom. The number of hydrogen-bond acceptors (Lipinski definition) is 4. The van der Waals surface area contributed by atoms with Crippen LogP contribution in [0, 0.1) is 0 Å². The third-order valence-corrected chi connectivity index (χ3v) is 7.06. The lowest BCUT2D eigenvalue weighted by Crippen LogP contribution is -2.46. The first-order chi connectivity index (χ1) is 13.7. The SMILES string of the molecule is CCCCCC[C@@H](O)C/C=C\CCCCCCC(CCCC)(C(=O)O)S(=O)(=O)O. The Kier molecular flexibility index (Phi) is 15.4. The number of carboxylic acids is 1. The van der Waals surface area contributed by atoms with Crippen LogP contribution in [0.3, 0.4) is 0 Å². The van der Waals surface area contributed by atoms with E-state index in [9.17, 15) is 28.0 Å². The van der Waals surface area contributed by atoms with E-state index in [2.05, 4.69) is 13.0 Å². The van der Waals surface area contributed by atoms with E-state index < -0.39 is 20.8 Å². The van der Waals surface area contributed by atoms with Gasteiger partial charge in [-0.2, -0.15) is 8.42 Å². The Bertz CT molecular complexity index is 558. The topological polar surface area (TPSA) is 112 Å². The molecule has 0 aromatic heterocycles. The third kappa shape index (κ3) is 11.7. The van der Waals surface area contributed by atoms with Crippen molar-refractivity contribution in [2.75, 3.05) is 0 Å². The van der Waals surface area contributed by atoms with Crippen molar-refractivity contribution in [2.45, 2.75) is 121 Å². The van der Waals surface area contributed by atoms with E-state index in [4.69, 9.17) is 0 Å². The van der Waals surface area contributed by atoms with Crippen molar-refractivity contribution in [3.8, 4) is 0 Å². The van der Waals surface area contributed by atoms with Crippen molar-refractivity contribution >= 4 is 16.1 Å². The van der Waals surface area contributed by atoms with Crippen LogP contribution in [-0.4, -0.2) is 40.0 Å². The minimum absolute atomic E-state index is 0.0543. The van der Waals surface area contributed by atoms with Gasteiger partial charge in [0.1, 0.15) is 0 Å². The van der Waals surface area contributed by atoms with Gasteiger partial charge in [0, 0.05) is 0 Å². The Labute approximate surface area is 177 Å². The summed E-state index contributed by atoms with van der Waals surface area (Å²) < 4.78 is 30.9. The maximum absolute atomic E-state index is 11.7. The normalized spacial score (nSPS) is 15.4. The summed E-state index contributed by atoms with van der Waals surface area (Å²) in [6.45, 7) is 4.03. The molecule has 29 heavy (non-hydrogen) atoms. The van der Waals surface area contributed by atoms with E-state index in [1.54, 1.807) is 0 Å². The van der Waals surface area contributed by atoms with Crippen LogP contribution in [0.15, 0.2) is 12.2 Å². The van der Waals surface area contributed by atoms with Gasteiger partial charge in [0.25, 0.3) is 10.1 Å². The van der Waals surface area contributed by atoms with Crippen molar-refractivity contribution in [3.05, 3.63) is 12.2 Å². The van der Waals surface area contributed by atoms with Gasteiger partial charge in [-0.25, -0.2) is 0 Å². The lowest BCUT2D eigenvalue weighted by atomic mass is 9.94. The van der Waals surface area contributed by atoms with E-state index in [0.29, 0.717) is 25.7 Å². The second-order valence-corrected chi connectivity index (χ2v) is 9.77. The van der Waals surface area contributed by atoms with Crippen LogP contribution in [0.4, 0.5) is 0 Å². The van der Waals surface area contributed by atoms with Crippen molar-refractivity contribution < 1.29 is 28.0 Å². The molecule has 0 heterocycles. The van der Waals surface area contributed by atoms with Gasteiger partial charge in [-0.3, -0.25) is 9.35 Å². The van der Waals surface area contributed by atoms with Gasteiger partial charge in [-0.15, -0.1) is 0 Å². The number of carboxylic acid groups (broad SMARTS) is 1. The monoisotopic (exact) mass is 434 g/mol. The molecule has 0 aliphatic rings. The Morgan fingerprint density at radius 3 is 2.07 bits per heavy atom. The van der Waals surface area contributed by atoms with Crippen LogP contribution in [0.5, 0.6) is 0 Å². The number of rotatable bonds is 19. The van der Waals surface area contributed by atoms with Gasteiger partial charge in [-0.1, -0.05) is 83.8 Å². The summed E-state index contributed by atoms with van der Waals surface area (Å²) in [5, 5.41) is 19.3. The van der Waals surface area contributed by atoms with E-state index >= 15 is 0 Å². The second-order valence-electron chi connectivity index (χ2n) is 8.04. The van der Waals surface area contributed by atoms with Crippen LogP contribution >= 0.6 is 0 Å². The Morgan fingerprint density at radius 1 is 0.897 bits per heavy atom. The number of carbonyl (C=O) groups is 1. The molecule has 7 heteroatoms. The fourth-order valence-electron chi connectivity index (χ4n) is 3.49. The minimum atomic E-state index is -4.66. The first-order valence-corrected chi connectivity index (χ1v) is 12.7. The summed E-state index contributed by atoms with van der Waals surface area (Å²) in [5.41, 5.74) is 0. The molecule has 0 aliphatic carbocycles. The molecule has 0 amide bonds. The highest BCUT2D eigenvalue weighted by Crippen LogP contribution is 2.30. The molecule has 0 aromatic rings. The zero-order valence-electron chi connectivity index (χ0n) is 18.3. The zero-order valence-corrected chi connectivity index (χ0v) is 19.1.